The fourth-order valence-corrected chi connectivity index (χ4v) is 1.80. The third-order valence-corrected chi connectivity index (χ3v) is 2.55. The Bertz CT molecular complexity index is 340. The first-order chi connectivity index (χ1) is 8.37. The van der Waals surface area contributed by atoms with E-state index in [4.69, 9.17) is 9.47 Å². The van der Waals surface area contributed by atoms with Gasteiger partial charge in [0.25, 0.3) is 0 Å². The minimum absolute atomic E-state index is 0.212. The van der Waals surface area contributed by atoms with E-state index in [2.05, 4.69) is 4.74 Å². The first-order valence-corrected chi connectivity index (χ1v) is 5.92. The molecule has 0 N–H and O–H groups in total. The second kappa shape index (κ2) is 6.00. The Labute approximate surface area is 107 Å². The monoisotopic (exact) mass is 256 g/mol. The van der Waals surface area contributed by atoms with Crippen molar-refractivity contribution in [3.63, 3.8) is 0 Å². The topological polar surface area (TPSA) is 61.8 Å². The Morgan fingerprint density at radius 2 is 2.22 bits per heavy atom. The molecule has 0 spiro atoms. The molecule has 2 atom stereocenters. The molecule has 18 heavy (non-hydrogen) atoms. The molecule has 0 bridgehead atoms. The van der Waals surface area contributed by atoms with Crippen LogP contribution in [0.15, 0.2) is 11.8 Å². The van der Waals surface area contributed by atoms with Gasteiger partial charge in [0.05, 0.1) is 24.5 Å². The average Bonchev–Trinajstić information content (AvgIpc) is 2.27. The van der Waals surface area contributed by atoms with Crippen molar-refractivity contribution in [2.75, 3.05) is 7.11 Å². The molecule has 0 aromatic heterocycles. The van der Waals surface area contributed by atoms with Crippen LogP contribution >= 0.6 is 0 Å². The van der Waals surface area contributed by atoms with E-state index in [-0.39, 0.29) is 17.9 Å². The van der Waals surface area contributed by atoms with Gasteiger partial charge in [0.15, 0.2) is 6.29 Å². The van der Waals surface area contributed by atoms with E-state index >= 15 is 0 Å². The number of aldehydes is 1. The molecular weight excluding hydrogens is 236 g/mol. The number of esters is 1. The van der Waals surface area contributed by atoms with E-state index in [0.29, 0.717) is 12.0 Å². The molecule has 0 saturated heterocycles. The Kier molecular flexibility index (Phi) is 4.90. The highest BCUT2D eigenvalue weighted by atomic mass is 16.7. The molecule has 0 saturated carbocycles. The summed E-state index contributed by atoms with van der Waals surface area (Å²) in [7, 11) is 1.30. The molecule has 1 heterocycles. The van der Waals surface area contributed by atoms with Crippen LogP contribution < -0.4 is 0 Å². The van der Waals surface area contributed by atoms with Crippen molar-refractivity contribution >= 4 is 12.3 Å². The molecule has 1 aliphatic rings. The lowest BCUT2D eigenvalue weighted by Gasteiger charge is -2.32. The summed E-state index contributed by atoms with van der Waals surface area (Å²) in [6.07, 6.45) is 2.43. The van der Waals surface area contributed by atoms with Gasteiger partial charge >= 0.3 is 5.97 Å². The highest BCUT2D eigenvalue weighted by Crippen LogP contribution is 2.30. The minimum atomic E-state index is -0.462. The standard InChI is InChI=1S/C13H20O5/c1-13(2,3)18-11-7-9(5-6-14)10(8-17-11)12(15)16-4/h6,8-9,11H,5,7H2,1-4H3/t9-,11-/m0/s1. The van der Waals surface area contributed by atoms with Crippen LogP contribution in [-0.2, 0) is 23.8 Å². The molecule has 0 fully saturated rings. The van der Waals surface area contributed by atoms with Crippen molar-refractivity contribution in [3.8, 4) is 0 Å². The lowest BCUT2D eigenvalue weighted by molar-refractivity contribution is -0.184. The van der Waals surface area contributed by atoms with Crippen LogP contribution in [0.3, 0.4) is 0 Å². The predicted molar refractivity (Wildman–Crippen MR) is 64.6 cm³/mol. The highest BCUT2D eigenvalue weighted by molar-refractivity contribution is 5.89. The molecule has 1 aliphatic heterocycles. The molecule has 102 valence electrons. The van der Waals surface area contributed by atoms with Gasteiger partial charge in [0.2, 0.25) is 0 Å². The molecule has 5 heteroatoms. The average molecular weight is 256 g/mol. The quantitative estimate of drug-likeness (QED) is 0.567. The second-order valence-corrected chi connectivity index (χ2v) is 5.20. The normalized spacial score (nSPS) is 23.9. The summed E-state index contributed by atoms with van der Waals surface area (Å²) >= 11 is 0. The fourth-order valence-electron chi connectivity index (χ4n) is 1.80. The Morgan fingerprint density at radius 1 is 1.56 bits per heavy atom. The first-order valence-electron chi connectivity index (χ1n) is 5.92. The van der Waals surface area contributed by atoms with Gasteiger partial charge in [-0.3, -0.25) is 0 Å². The van der Waals surface area contributed by atoms with E-state index in [9.17, 15) is 9.59 Å². The third-order valence-electron chi connectivity index (χ3n) is 2.55. The van der Waals surface area contributed by atoms with Crippen LogP contribution in [-0.4, -0.2) is 31.3 Å². The number of methoxy groups -OCH3 is 1. The van der Waals surface area contributed by atoms with Gasteiger partial charge < -0.3 is 19.0 Å². The van der Waals surface area contributed by atoms with E-state index in [1.165, 1.54) is 13.4 Å². The van der Waals surface area contributed by atoms with Gasteiger partial charge in [-0.1, -0.05) is 0 Å². The van der Waals surface area contributed by atoms with Crippen molar-refractivity contribution in [2.45, 2.75) is 45.5 Å². The number of hydrogen-bond donors (Lipinski definition) is 0. The van der Waals surface area contributed by atoms with Crippen molar-refractivity contribution < 1.29 is 23.8 Å². The molecule has 0 amide bonds. The third kappa shape index (κ3) is 4.14. The SMILES string of the molecule is COC(=O)C1=CO[C@@H](OC(C)(C)C)C[C@@H]1CC=O. The summed E-state index contributed by atoms with van der Waals surface area (Å²) in [5.74, 6) is -0.674. The summed E-state index contributed by atoms with van der Waals surface area (Å²) in [4.78, 5) is 22.2. The first kappa shape index (κ1) is 14.7. The zero-order valence-electron chi connectivity index (χ0n) is 11.3. The van der Waals surface area contributed by atoms with Gasteiger partial charge in [0.1, 0.15) is 6.29 Å². The van der Waals surface area contributed by atoms with Gasteiger partial charge in [-0.15, -0.1) is 0 Å². The maximum absolute atomic E-state index is 11.5. The van der Waals surface area contributed by atoms with E-state index in [1.807, 2.05) is 20.8 Å². The van der Waals surface area contributed by atoms with Gasteiger partial charge in [-0.2, -0.15) is 0 Å². The Hall–Kier alpha value is -1.36. The largest absolute Gasteiger partial charge is 0.472 e. The lowest BCUT2D eigenvalue weighted by Crippen LogP contribution is -2.34. The second-order valence-electron chi connectivity index (χ2n) is 5.20. The maximum Gasteiger partial charge on any atom is 0.337 e. The van der Waals surface area contributed by atoms with Crippen LogP contribution in [0.4, 0.5) is 0 Å². The number of ether oxygens (including phenoxy) is 3. The molecule has 0 radical (unpaired) electrons. The maximum atomic E-state index is 11.5. The molecule has 5 nitrogen and oxygen atoms in total. The number of hydrogen-bond acceptors (Lipinski definition) is 5. The highest BCUT2D eigenvalue weighted by Gasteiger charge is 2.32. The minimum Gasteiger partial charge on any atom is -0.472 e. The van der Waals surface area contributed by atoms with Gasteiger partial charge in [0, 0.05) is 18.8 Å². The van der Waals surface area contributed by atoms with Crippen molar-refractivity contribution in [1.82, 2.24) is 0 Å². The Balaban J connectivity index is 2.77. The Morgan fingerprint density at radius 3 is 2.72 bits per heavy atom. The van der Waals surface area contributed by atoms with Crippen molar-refractivity contribution in [3.05, 3.63) is 11.8 Å². The molecule has 0 aliphatic carbocycles. The predicted octanol–water partition coefficient (Wildman–Crippen LogP) is 1.81. The fraction of sp³-hybridized carbons (Fsp3) is 0.692. The molecule has 0 aromatic rings. The smallest absolute Gasteiger partial charge is 0.337 e. The number of carbonyl (C=O) groups is 2. The van der Waals surface area contributed by atoms with Crippen LogP contribution in [0.25, 0.3) is 0 Å². The van der Waals surface area contributed by atoms with Gasteiger partial charge in [-0.05, 0) is 20.8 Å². The van der Waals surface area contributed by atoms with Gasteiger partial charge in [-0.25, -0.2) is 4.79 Å². The lowest BCUT2D eigenvalue weighted by atomic mass is 9.91. The summed E-state index contributed by atoms with van der Waals surface area (Å²) < 4.78 is 15.7. The van der Waals surface area contributed by atoms with Crippen LogP contribution in [0.1, 0.15) is 33.6 Å². The number of carbonyl (C=O) groups excluding carboxylic acids is 2. The molecule has 0 aromatic carbocycles. The molecular formula is C13H20O5. The summed E-state index contributed by atoms with van der Waals surface area (Å²) in [6, 6.07) is 0. The van der Waals surface area contributed by atoms with E-state index in [0.717, 1.165) is 6.29 Å². The van der Waals surface area contributed by atoms with Crippen LogP contribution in [0.2, 0.25) is 0 Å². The van der Waals surface area contributed by atoms with Crippen LogP contribution in [0, 0.1) is 5.92 Å². The summed E-state index contributed by atoms with van der Waals surface area (Å²) in [5, 5.41) is 0. The molecule has 1 rings (SSSR count). The zero-order chi connectivity index (χ0) is 13.8. The molecule has 0 unspecified atom stereocenters. The number of rotatable bonds is 4. The van der Waals surface area contributed by atoms with Crippen LogP contribution in [0.5, 0.6) is 0 Å². The van der Waals surface area contributed by atoms with E-state index in [1.54, 1.807) is 0 Å². The zero-order valence-corrected chi connectivity index (χ0v) is 11.3. The van der Waals surface area contributed by atoms with E-state index < -0.39 is 12.3 Å². The summed E-state index contributed by atoms with van der Waals surface area (Å²) in [6.45, 7) is 5.76. The van der Waals surface area contributed by atoms with Crippen molar-refractivity contribution in [2.24, 2.45) is 5.92 Å². The summed E-state index contributed by atoms with van der Waals surface area (Å²) in [5.41, 5.74) is 0.0471. The van der Waals surface area contributed by atoms with Crippen molar-refractivity contribution in [1.29, 1.82) is 0 Å².